The maximum atomic E-state index is 13.0. The Morgan fingerprint density at radius 1 is 1.29 bits per heavy atom. The smallest absolute Gasteiger partial charge is 0.232 e. The lowest BCUT2D eigenvalue weighted by Gasteiger charge is -2.64. The van der Waals surface area contributed by atoms with E-state index in [2.05, 4.69) is 42.0 Å². The van der Waals surface area contributed by atoms with Gasteiger partial charge in [-0.25, -0.2) is 0 Å². The van der Waals surface area contributed by atoms with Gasteiger partial charge in [-0.2, -0.15) is 0 Å². The first-order valence-electron chi connectivity index (χ1n) is 7.08. The molecule has 5 heteroatoms. The molecule has 0 saturated heterocycles. The van der Waals surface area contributed by atoms with Crippen molar-refractivity contribution in [3.05, 3.63) is 28.2 Å². The number of alkyl halides is 1. The highest BCUT2D eigenvalue weighted by Gasteiger charge is 2.80. The number of rotatable bonds is 2. The number of nitrogens with one attached hydrogen (secondary N) is 1. The van der Waals surface area contributed by atoms with Crippen molar-refractivity contribution in [2.24, 2.45) is 16.2 Å². The van der Waals surface area contributed by atoms with E-state index < -0.39 is 0 Å². The first-order chi connectivity index (χ1) is 9.68. The number of anilines is 1. The third-order valence-electron chi connectivity index (χ3n) is 6.18. The molecule has 3 atom stereocenters. The molecule has 3 fully saturated rings. The number of carbonyl (C=O) groups excluding carboxylic acids is 1. The first kappa shape index (κ1) is 15.6. The number of hydrogen-bond donors (Lipinski definition) is 1. The summed E-state index contributed by atoms with van der Waals surface area (Å²) < 4.78 is 0. The van der Waals surface area contributed by atoms with Crippen molar-refractivity contribution in [2.75, 3.05) is 5.32 Å². The van der Waals surface area contributed by atoms with Crippen LogP contribution in [0.5, 0.6) is 0 Å². The molecular weight excluding hydrogens is 373 g/mol. The van der Waals surface area contributed by atoms with Crippen LogP contribution < -0.4 is 5.32 Å². The van der Waals surface area contributed by atoms with Crippen molar-refractivity contribution >= 4 is 50.7 Å². The Hall–Kier alpha value is -0.250. The maximum absolute atomic E-state index is 13.0. The van der Waals surface area contributed by atoms with Gasteiger partial charge in [-0.1, -0.05) is 66.0 Å². The van der Waals surface area contributed by atoms with Crippen LogP contribution in [-0.2, 0) is 4.79 Å². The fraction of sp³-hybridized carbons (Fsp3) is 0.562. The minimum absolute atomic E-state index is 0.0357. The molecular formula is C16H18BrCl2NO. The minimum atomic E-state index is -0.382. The Kier molecular flexibility index (Phi) is 3.44. The SMILES string of the molecule is CC1(C)[C@@]2(C)CC[C@@]1(C(=O)Nc1cccc(Cl)c1Cl)[C@@H]2Br. The molecule has 0 radical (unpaired) electrons. The summed E-state index contributed by atoms with van der Waals surface area (Å²) in [6.07, 6.45) is 1.96. The Balaban J connectivity index is 1.92. The molecule has 1 aromatic carbocycles. The first-order valence-corrected chi connectivity index (χ1v) is 8.75. The molecule has 0 aliphatic heterocycles. The zero-order valence-corrected chi connectivity index (χ0v) is 15.4. The zero-order valence-electron chi connectivity index (χ0n) is 12.3. The summed E-state index contributed by atoms with van der Waals surface area (Å²) >= 11 is 16.0. The standard InChI is InChI=1S/C16H18BrCl2NO/c1-14(2)15(3)7-8-16(14,12(15)17)13(21)20-10-6-4-5-9(18)11(10)19/h4-6,12H,7-8H2,1-3H3,(H,20,21)/t12-,15+,16+/m1/s1. The second-order valence-electron chi connectivity index (χ2n) is 6.93. The molecule has 3 aliphatic carbocycles. The number of halogens is 3. The van der Waals surface area contributed by atoms with E-state index in [1.807, 2.05) is 0 Å². The molecule has 3 saturated carbocycles. The molecule has 1 aromatic rings. The quantitative estimate of drug-likeness (QED) is 0.661. The Bertz CT molecular complexity index is 633. The molecule has 1 N–H and O–H groups in total. The Labute approximate surface area is 143 Å². The highest BCUT2D eigenvalue weighted by molar-refractivity contribution is 9.09. The normalized spacial score (nSPS) is 36.2. The largest absolute Gasteiger partial charge is 0.324 e. The Morgan fingerprint density at radius 3 is 2.48 bits per heavy atom. The number of fused-ring (bicyclic) bond motifs is 1. The van der Waals surface area contributed by atoms with Crippen molar-refractivity contribution < 1.29 is 4.79 Å². The van der Waals surface area contributed by atoms with Crippen molar-refractivity contribution in [3.63, 3.8) is 0 Å². The van der Waals surface area contributed by atoms with Crippen LogP contribution in [0.2, 0.25) is 10.0 Å². The molecule has 21 heavy (non-hydrogen) atoms. The van der Waals surface area contributed by atoms with E-state index in [1.165, 1.54) is 0 Å². The van der Waals surface area contributed by atoms with E-state index in [0.29, 0.717) is 15.7 Å². The van der Waals surface area contributed by atoms with E-state index in [0.717, 1.165) is 12.8 Å². The molecule has 0 aromatic heterocycles. The van der Waals surface area contributed by atoms with Gasteiger partial charge in [0.05, 0.1) is 21.1 Å². The summed E-state index contributed by atoms with van der Waals surface area (Å²) in [5.41, 5.74) is 0.332. The third kappa shape index (κ3) is 1.69. The number of carbonyl (C=O) groups is 1. The highest BCUT2D eigenvalue weighted by atomic mass is 79.9. The second kappa shape index (κ2) is 4.62. The van der Waals surface area contributed by atoms with Crippen LogP contribution in [-0.4, -0.2) is 10.7 Å². The minimum Gasteiger partial charge on any atom is -0.324 e. The van der Waals surface area contributed by atoms with Gasteiger partial charge in [0.15, 0.2) is 0 Å². The van der Waals surface area contributed by atoms with Gasteiger partial charge in [-0.15, -0.1) is 0 Å². The summed E-state index contributed by atoms with van der Waals surface area (Å²) in [6, 6.07) is 5.29. The molecule has 0 unspecified atom stereocenters. The van der Waals surface area contributed by atoms with Crippen molar-refractivity contribution in [1.82, 2.24) is 0 Å². The van der Waals surface area contributed by atoms with E-state index in [1.54, 1.807) is 18.2 Å². The van der Waals surface area contributed by atoms with E-state index in [-0.39, 0.29) is 27.0 Å². The van der Waals surface area contributed by atoms with Crippen LogP contribution in [0.15, 0.2) is 18.2 Å². The van der Waals surface area contributed by atoms with E-state index in [9.17, 15) is 4.79 Å². The van der Waals surface area contributed by atoms with Crippen LogP contribution >= 0.6 is 39.1 Å². The van der Waals surface area contributed by atoms with E-state index in [4.69, 9.17) is 23.2 Å². The predicted octanol–water partition coefficient (Wildman–Crippen LogP) is 5.52. The summed E-state index contributed by atoms with van der Waals surface area (Å²) in [4.78, 5) is 13.2. The maximum Gasteiger partial charge on any atom is 0.232 e. The highest BCUT2D eigenvalue weighted by Crippen LogP contribution is 2.79. The van der Waals surface area contributed by atoms with Crippen LogP contribution in [0.1, 0.15) is 33.6 Å². The molecule has 0 spiro atoms. The number of hydrogen-bond acceptors (Lipinski definition) is 1. The van der Waals surface area contributed by atoms with Crippen LogP contribution in [0.3, 0.4) is 0 Å². The van der Waals surface area contributed by atoms with Crippen LogP contribution in [0.25, 0.3) is 0 Å². The fourth-order valence-corrected chi connectivity index (χ4v) is 6.45. The average molecular weight is 391 g/mol. The molecule has 3 aliphatic rings. The number of amides is 1. The summed E-state index contributed by atoms with van der Waals surface area (Å²) in [6.45, 7) is 6.64. The average Bonchev–Trinajstić information content (AvgIpc) is 2.83. The lowest BCUT2D eigenvalue weighted by Crippen LogP contribution is -2.68. The number of benzene rings is 1. The zero-order chi connectivity index (χ0) is 15.6. The second-order valence-corrected chi connectivity index (χ2v) is 8.63. The predicted molar refractivity (Wildman–Crippen MR) is 91.4 cm³/mol. The lowest BCUT2D eigenvalue weighted by molar-refractivity contribution is -0.155. The molecule has 2 nitrogen and oxygen atoms in total. The third-order valence-corrected chi connectivity index (χ3v) is 8.79. The van der Waals surface area contributed by atoms with Gasteiger partial charge in [0, 0.05) is 4.83 Å². The lowest BCUT2D eigenvalue weighted by atomic mass is 9.43. The van der Waals surface area contributed by atoms with Crippen LogP contribution in [0.4, 0.5) is 5.69 Å². The van der Waals surface area contributed by atoms with Gasteiger partial charge in [-0.3, -0.25) is 4.79 Å². The van der Waals surface area contributed by atoms with Crippen molar-refractivity contribution in [3.8, 4) is 0 Å². The van der Waals surface area contributed by atoms with Crippen LogP contribution in [0, 0.1) is 16.2 Å². The topological polar surface area (TPSA) is 29.1 Å². The van der Waals surface area contributed by atoms with Gasteiger partial charge in [0.2, 0.25) is 5.91 Å². The monoisotopic (exact) mass is 389 g/mol. The Morgan fingerprint density at radius 2 is 1.95 bits per heavy atom. The van der Waals surface area contributed by atoms with Crippen molar-refractivity contribution in [1.29, 1.82) is 0 Å². The van der Waals surface area contributed by atoms with Crippen molar-refractivity contribution in [2.45, 2.75) is 38.4 Å². The van der Waals surface area contributed by atoms with Gasteiger partial charge in [0.25, 0.3) is 0 Å². The molecule has 4 rings (SSSR count). The summed E-state index contributed by atoms with van der Waals surface area (Å²) in [5, 5.41) is 3.84. The molecule has 2 bridgehead atoms. The van der Waals surface area contributed by atoms with Gasteiger partial charge in [0.1, 0.15) is 0 Å². The van der Waals surface area contributed by atoms with Gasteiger partial charge < -0.3 is 5.32 Å². The van der Waals surface area contributed by atoms with Gasteiger partial charge >= 0.3 is 0 Å². The summed E-state index contributed by atoms with van der Waals surface area (Å²) in [5.74, 6) is 0.0357. The molecule has 0 heterocycles. The summed E-state index contributed by atoms with van der Waals surface area (Å²) in [7, 11) is 0. The van der Waals surface area contributed by atoms with E-state index >= 15 is 0 Å². The van der Waals surface area contributed by atoms with Gasteiger partial charge in [-0.05, 0) is 35.8 Å². The molecule has 114 valence electrons. The molecule has 1 amide bonds. The fourth-order valence-electron chi connectivity index (χ4n) is 4.29.